The van der Waals surface area contributed by atoms with Crippen LogP contribution in [0.1, 0.15) is 24.7 Å². The van der Waals surface area contributed by atoms with E-state index in [1.807, 2.05) is 30.3 Å². The average Bonchev–Trinajstić information content (AvgIpc) is 2.91. The highest BCUT2D eigenvalue weighted by Gasteiger charge is 2.57. The summed E-state index contributed by atoms with van der Waals surface area (Å²) in [5.74, 6) is 0.339. The van der Waals surface area contributed by atoms with Gasteiger partial charge in [-0.2, -0.15) is 0 Å². The topological polar surface area (TPSA) is 38.8 Å². The summed E-state index contributed by atoms with van der Waals surface area (Å²) in [6.07, 6.45) is 0.986. The van der Waals surface area contributed by atoms with Gasteiger partial charge in [0.2, 0.25) is 0 Å². The molecule has 4 atom stereocenters. The number of benzene rings is 1. The summed E-state index contributed by atoms with van der Waals surface area (Å²) in [5, 5.41) is 0. The molecule has 4 rings (SSSR count). The standard InChI is InChI=1S/C15H17NO3/c1-16-11-7-10(17)8-12(16)14-13(11)18-15(19-14)9-5-3-2-4-6-9/h2-6,11-15H,7-8H2,1H3/t11-,12-,13-,14-/m1/s1. The van der Waals surface area contributed by atoms with Gasteiger partial charge in [0, 0.05) is 30.5 Å². The summed E-state index contributed by atoms with van der Waals surface area (Å²) < 4.78 is 12.2. The van der Waals surface area contributed by atoms with Gasteiger partial charge in [-0.25, -0.2) is 0 Å². The molecule has 19 heavy (non-hydrogen) atoms. The number of ketones is 1. The molecule has 0 unspecified atom stereocenters. The zero-order chi connectivity index (χ0) is 13.0. The van der Waals surface area contributed by atoms with Crippen LogP contribution >= 0.6 is 0 Å². The largest absolute Gasteiger partial charge is 0.341 e. The van der Waals surface area contributed by atoms with E-state index in [1.165, 1.54) is 0 Å². The number of piperidine rings is 1. The number of hydrogen-bond donors (Lipinski definition) is 0. The molecule has 3 saturated heterocycles. The maximum absolute atomic E-state index is 11.7. The number of likely N-dealkylation sites (N-methyl/N-ethyl adjacent to an activating group) is 1. The Hall–Kier alpha value is -1.23. The second kappa shape index (κ2) is 4.13. The molecular formula is C15H17NO3. The summed E-state index contributed by atoms with van der Waals surface area (Å²) >= 11 is 0. The summed E-state index contributed by atoms with van der Waals surface area (Å²) in [7, 11) is 2.07. The van der Waals surface area contributed by atoms with Crippen molar-refractivity contribution in [3.05, 3.63) is 35.9 Å². The van der Waals surface area contributed by atoms with Crippen LogP contribution in [0.4, 0.5) is 0 Å². The Labute approximate surface area is 112 Å². The van der Waals surface area contributed by atoms with Crippen LogP contribution in [0.5, 0.6) is 0 Å². The van der Waals surface area contributed by atoms with E-state index in [2.05, 4.69) is 11.9 Å². The SMILES string of the molecule is CN1[C@@H]2CC(=O)C[C@@H]1[C@H]1OC(c3ccccc3)O[C@@H]12. The molecule has 0 spiro atoms. The third kappa shape index (κ3) is 1.67. The summed E-state index contributed by atoms with van der Waals surface area (Å²) in [6.45, 7) is 0. The molecule has 0 radical (unpaired) electrons. The fraction of sp³-hybridized carbons (Fsp3) is 0.533. The van der Waals surface area contributed by atoms with E-state index in [4.69, 9.17) is 9.47 Å². The van der Waals surface area contributed by atoms with E-state index in [1.54, 1.807) is 0 Å². The van der Waals surface area contributed by atoms with Gasteiger partial charge in [-0.05, 0) is 7.05 Å². The fourth-order valence-corrected chi connectivity index (χ4v) is 3.64. The van der Waals surface area contributed by atoms with Gasteiger partial charge in [0.1, 0.15) is 18.0 Å². The minimum Gasteiger partial charge on any atom is -0.341 e. The second-order valence-electron chi connectivity index (χ2n) is 5.69. The van der Waals surface area contributed by atoms with E-state index < -0.39 is 0 Å². The van der Waals surface area contributed by atoms with E-state index >= 15 is 0 Å². The molecule has 4 heteroatoms. The summed E-state index contributed by atoms with van der Waals surface area (Å²) in [6, 6.07) is 10.4. The van der Waals surface area contributed by atoms with Crippen molar-refractivity contribution in [2.75, 3.05) is 7.05 Å². The molecule has 0 N–H and O–H groups in total. The predicted molar refractivity (Wildman–Crippen MR) is 68.5 cm³/mol. The van der Waals surface area contributed by atoms with E-state index in [-0.39, 0.29) is 30.6 Å². The number of Topliss-reactive ketones (excluding diaryl/α,β-unsaturated/α-hetero) is 1. The normalized spacial score (nSPS) is 41.5. The molecule has 0 aromatic heterocycles. The lowest BCUT2D eigenvalue weighted by molar-refractivity contribution is -0.133. The summed E-state index contributed by atoms with van der Waals surface area (Å²) in [4.78, 5) is 14.0. The van der Waals surface area contributed by atoms with Crippen LogP contribution in [-0.4, -0.2) is 42.0 Å². The average molecular weight is 259 g/mol. The van der Waals surface area contributed by atoms with Crippen LogP contribution in [0.15, 0.2) is 30.3 Å². The second-order valence-corrected chi connectivity index (χ2v) is 5.69. The quantitative estimate of drug-likeness (QED) is 0.766. The molecule has 4 nitrogen and oxygen atoms in total. The van der Waals surface area contributed by atoms with Gasteiger partial charge in [0.05, 0.1) is 0 Å². The molecule has 3 heterocycles. The number of carbonyl (C=O) groups excluding carboxylic acids is 1. The number of hydrogen-bond acceptors (Lipinski definition) is 4. The predicted octanol–water partition coefficient (Wildman–Crippen LogP) is 1.51. The number of fused-ring (bicyclic) bond motifs is 5. The first-order chi connectivity index (χ1) is 9.24. The first-order valence-corrected chi connectivity index (χ1v) is 6.83. The molecule has 3 aliphatic rings. The van der Waals surface area contributed by atoms with E-state index in [0.29, 0.717) is 18.6 Å². The zero-order valence-electron chi connectivity index (χ0n) is 10.9. The Morgan fingerprint density at radius 1 is 1.05 bits per heavy atom. The molecule has 3 aliphatic heterocycles. The van der Waals surface area contributed by atoms with Gasteiger partial charge in [-0.1, -0.05) is 30.3 Å². The minimum absolute atomic E-state index is 0.0339. The lowest BCUT2D eigenvalue weighted by atomic mass is 10.0. The Morgan fingerprint density at radius 3 is 2.21 bits per heavy atom. The smallest absolute Gasteiger partial charge is 0.184 e. The van der Waals surface area contributed by atoms with Crippen molar-refractivity contribution in [2.24, 2.45) is 0 Å². The van der Waals surface area contributed by atoms with Gasteiger partial charge in [-0.15, -0.1) is 0 Å². The Balaban J connectivity index is 1.60. The van der Waals surface area contributed by atoms with Crippen molar-refractivity contribution in [1.29, 1.82) is 0 Å². The molecule has 0 amide bonds. The third-order valence-corrected chi connectivity index (χ3v) is 4.64. The molecule has 3 fully saturated rings. The molecular weight excluding hydrogens is 242 g/mol. The maximum atomic E-state index is 11.7. The maximum Gasteiger partial charge on any atom is 0.184 e. The highest BCUT2D eigenvalue weighted by Crippen LogP contribution is 2.45. The van der Waals surface area contributed by atoms with Crippen LogP contribution in [0, 0.1) is 0 Å². The van der Waals surface area contributed by atoms with Crippen molar-refractivity contribution < 1.29 is 14.3 Å². The van der Waals surface area contributed by atoms with Crippen molar-refractivity contribution in [3.63, 3.8) is 0 Å². The van der Waals surface area contributed by atoms with Crippen molar-refractivity contribution in [1.82, 2.24) is 4.90 Å². The first-order valence-electron chi connectivity index (χ1n) is 6.83. The third-order valence-electron chi connectivity index (χ3n) is 4.64. The van der Waals surface area contributed by atoms with Crippen molar-refractivity contribution >= 4 is 5.78 Å². The van der Waals surface area contributed by atoms with Crippen LogP contribution in [-0.2, 0) is 14.3 Å². The molecule has 100 valence electrons. The molecule has 0 saturated carbocycles. The number of carbonyl (C=O) groups is 1. The van der Waals surface area contributed by atoms with Crippen LogP contribution in [0.3, 0.4) is 0 Å². The first kappa shape index (κ1) is 11.6. The number of rotatable bonds is 1. The van der Waals surface area contributed by atoms with Crippen LogP contribution < -0.4 is 0 Å². The Bertz CT molecular complexity index is 479. The molecule has 0 aliphatic carbocycles. The Kier molecular flexibility index (Phi) is 2.52. The molecule has 1 aromatic rings. The van der Waals surface area contributed by atoms with Crippen LogP contribution in [0.2, 0.25) is 0 Å². The number of ether oxygens (including phenoxy) is 2. The van der Waals surface area contributed by atoms with Gasteiger partial charge >= 0.3 is 0 Å². The lowest BCUT2D eigenvalue weighted by Gasteiger charge is -2.32. The van der Waals surface area contributed by atoms with Crippen molar-refractivity contribution in [2.45, 2.75) is 43.4 Å². The van der Waals surface area contributed by atoms with Gasteiger partial charge in [0.25, 0.3) is 0 Å². The minimum atomic E-state index is -0.275. The van der Waals surface area contributed by atoms with Gasteiger partial charge in [-0.3, -0.25) is 9.69 Å². The highest BCUT2D eigenvalue weighted by atomic mass is 16.7. The molecule has 2 bridgehead atoms. The Morgan fingerprint density at radius 2 is 1.63 bits per heavy atom. The van der Waals surface area contributed by atoms with Crippen LogP contribution in [0.25, 0.3) is 0 Å². The lowest BCUT2D eigenvalue weighted by Crippen LogP contribution is -2.44. The van der Waals surface area contributed by atoms with E-state index in [9.17, 15) is 4.79 Å². The van der Waals surface area contributed by atoms with Gasteiger partial charge in [0.15, 0.2) is 6.29 Å². The highest BCUT2D eigenvalue weighted by molar-refractivity contribution is 5.81. The summed E-state index contributed by atoms with van der Waals surface area (Å²) in [5.41, 5.74) is 1.06. The van der Waals surface area contributed by atoms with E-state index in [0.717, 1.165) is 5.56 Å². The molecule has 1 aromatic carbocycles. The number of nitrogens with zero attached hydrogens (tertiary/aromatic N) is 1. The van der Waals surface area contributed by atoms with Crippen molar-refractivity contribution in [3.8, 4) is 0 Å². The monoisotopic (exact) mass is 259 g/mol. The van der Waals surface area contributed by atoms with Gasteiger partial charge < -0.3 is 9.47 Å². The fourth-order valence-electron chi connectivity index (χ4n) is 3.64. The zero-order valence-corrected chi connectivity index (χ0v) is 10.9.